The number of nitrogens with zero attached hydrogens (tertiary/aromatic N) is 4. The quantitative estimate of drug-likeness (QED) is 0.658. The Morgan fingerprint density at radius 1 is 1.11 bits per heavy atom. The molecule has 0 unspecified atom stereocenters. The van der Waals surface area contributed by atoms with Crippen molar-refractivity contribution in [2.45, 2.75) is 6.92 Å². The molecular formula is C13H11FN4. The van der Waals surface area contributed by atoms with Gasteiger partial charge in [0.1, 0.15) is 11.6 Å². The summed E-state index contributed by atoms with van der Waals surface area (Å²) in [6.07, 6.45) is 1.68. The number of fused-ring (bicyclic) bond motifs is 1. The maximum absolute atomic E-state index is 12.9. The van der Waals surface area contributed by atoms with Crippen LogP contribution in [0.15, 0.2) is 30.5 Å². The van der Waals surface area contributed by atoms with Crippen molar-refractivity contribution in [1.82, 2.24) is 19.5 Å². The van der Waals surface area contributed by atoms with Gasteiger partial charge in [-0.1, -0.05) is 0 Å². The second-order valence-electron chi connectivity index (χ2n) is 4.16. The molecule has 5 heteroatoms. The van der Waals surface area contributed by atoms with Gasteiger partial charge in [-0.15, -0.1) is 0 Å². The lowest BCUT2D eigenvalue weighted by Gasteiger charge is -2.01. The molecule has 3 aromatic rings. The Kier molecular flexibility index (Phi) is 2.33. The molecule has 1 aromatic carbocycles. The topological polar surface area (TPSA) is 43.6 Å². The fourth-order valence-electron chi connectivity index (χ4n) is 1.89. The predicted octanol–water partition coefficient (Wildman–Crippen LogP) is 2.48. The monoisotopic (exact) mass is 242 g/mol. The third-order valence-electron chi connectivity index (χ3n) is 2.81. The van der Waals surface area contributed by atoms with Crippen molar-refractivity contribution in [3.8, 4) is 11.4 Å². The highest BCUT2D eigenvalue weighted by molar-refractivity contribution is 5.73. The van der Waals surface area contributed by atoms with Crippen molar-refractivity contribution in [2.24, 2.45) is 7.05 Å². The van der Waals surface area contributed by atoms with Gasteiger partial charge in [-0.25, -0.2) is 19.3 Å². The van der Waals surface area contributed by atoms with E-state index in [-0.39, 0.29) is 5.82 Å². The lowest BCUT2D eigenvalue weighted by Crippen LogP contribution is -1.95. The van der Waals surface area contributed by atoms with E-state index in [2.05, 4.69) is 15.0 Å². The van der Waals surface area contributed by atoms with Crippen LogP contribution in [0.2, 0.25) is 0 Å². The van der Waals surface area contributed by atoms with Crippen LogP contribution < -0.4 is 0 Å². The maximum Gasteiger partial charge on any atom is 0.198 e. The van der Waals surface area contributed by atoms with E-state index >= 15 is 0 Å². The molecule has 3 rings (SSSR count). The Labute approximate surface area is 103 Å². The minimum atomic E-state index is -0.260. The third-order valence-corrected chi connectivity index (χ3v) is 2.81. The number of hydrogen-bond donors (Lipinski definition) is 0. The van der Waals surface area contributed by atoms with Crippen molar-refractivity contribution in [3.63, 3.8) is 0 Å². The molecule has 0 spiro atoms. The van der Waals surface area contributed by atoms with Crippen LogP contribution in [0, 0.1) is 12.7 Å². The average Bonchev–Trinajstić information content (AvgIpc) is 2.68. The lowest BCUT2D eigenvalue weighted by atomic mass is 10.2. The average molecular weight is 242 g/mol. The van der Waals surface area contributed by atoms with Crippen LogP contribution in [0.5, 0.6) is 0 Å². The molecule has 0 aliphatic rings. The van der Waals surface area contributed by atoms with E-state index in [1.54, 1.807) is 18.3 Å². The molecular weight excluding hydrogens is 231 g/mol. The fourth-order valence-corrected chi connectivity index (χ4v) is 1.89. The van der Waals surface area contributed by atoms with Crippen molar-refractivity contribution in [1.29, 1.82) is 0 Å². The molecule has 4 nitrogen and oxygen atoms in total. The van der Waals surface area contributed by atoms with Crippen molar-refractivity contribution < 1.29 is 4.39 Å². The Morgan fingerprint density at radius 2 is 1.83 bits per heavy atom. The number of rotatable bonds is 1. The summed E-state index contributed by atoms with van der Waals surface area (Å²) in [5.41, 5.74) is 3.02. The molecule has 2 heterocycles. The molecule has 0 aliphatic carbocycles. The predicted molar refractivity (Wildman–Crippen MR) is 66.4 cm³/mol. The number of imidazole rings is 1. The van der Waals surface area contributed by atoms with Crippen molar-refractivity contribution >= 4 is 11.3 Å². The summed E-state index contributed by atoms with van der Waals surface area (Å²) in [5, 5.41) is 0. The molecule has 0 fully saturated rings. The summed E-state index contributed by atoms with van der Waals surface area (Å²) < 4.78 is 14.8. The third kappa shape index (κ3) is 1.64. The molecule has 0 aliphatic heterocycles. The first-order valence-corrected chi connectivity index (χ1v) is 5.57. The van der Waals surface area contributed by atoms with Gasteiger partial charge in [-0.2, -0.15) is 0 Å². The Balaban J connectivity index is 2.23. The van der Waals surface area contributed by atoms with Gasteiger partial charge in [0.25, 0.3) is 0 Å². The van der Waals surface area contributed by atoms with Gasteiger partial charge < -0.3 is 4.57 Å². The van der Waals surface area contributed by atoms with Gasteiger partial charge in [0, 0.05) is 12.6 Å². The molecule has 0 N–H and O–H groups in total. The van der Waals surface area contributed by atoms with Crippen LogP contribution in [0.1, 0.15) is 5.69 Å². The minimum absolute atomic E-state index is 0.260. The van der Waals surface area contributed by atoms with Crippen LogP contribution in [-0.4, -0.2) is 19.5 Å². The highest BCUT2D eigenvalue weighted by Gasteiger charge is 2.11. The number of halogens is 1. The molecule has 0 amide bonds. The standard InChI is InChI=1S/C13H11FN4/c1-8-7-15-11-13(16-8)18(2)12(17-11)9-3-5-10(14)6-4-9/h3-7H,1-2H3. The molecule has 18 heavy (non-hydrogen) atoms. The van der Waals surface area contributed by atoms with E-state index in [0.29, 0.717) is 5.65 Å². The first-order valence-electron chi connectivity index (χ1n) is 5.57. The summed E-state index contributed by atoms with van der Waals surface area (Å²) in [5.74, 6) is 0.472. The zero-order chi connectivity index (χ0) is 12.7. The molecule has 0 atom stereocenters. The fraction of sp³-hybridized carbons (Fsp3) is 0.154. The first-order chi connectivity index (χ1) is 8.65. The van der Waals surface area contributed by atoms with Gasteiger partial charge in [0.2, 0.25) is 0 Å². The minimum Gasteiger partial charge on any atom is -0.310 e. The van der Waals surface area contributed by atoms with E-state index in [1.807, 2.05) is 18.5 Å². The molecule has 2 aromatic heterocycles. The summed E-state index contributed by atoms with van der Waals surface area (Å²) in [6.45, 7) is 1.89. The Hall–Kier alpha value is -2.30. The number of aryl methyl sites for hydroxylation is 2. The van der Waals surface area contributed by atoms with Gasteiger partial charge in [0.15, 0.2) is 11.3 Å². The molecule has 90 valence electrons. The SMILES string of the molecule is Cc1cnc2nc(-c3ccc(F)cc3)n(C)c2n1. The Bertz CT molecular complexity index is 716. The van der Waals surface area contributed by atoms with Crippen LogP contribution in [-0.2, 0) is 7.05 Å². The molecule has 0 radical (unpaired) electrons. The highest BCUT2D eigenvalue weighted by atomic mass is 19.1. The summed E-state index contributed by atoms with van der Waals surface area (Å²) >= 11 is 0. The lowest BCUT2D eigenvalue weighted by molar-refractivity contribution is 0.628. The van der Waals surface area contributed by atoms with Gasteiger partial charge in [0.05, 0.1) is 11.9 Å². The number of aromatic nitrogens is 4. The summed E-state index contributed by atoms with van der Waals surface area (Å²) in [7, 11) is 1.88. The van der Waals surface area contributed by atoms with Crippen molar-refractivity contribution in [2.75, 3.05) is 0 Å². The second kappa shape index (κ2) is 3.87. The van der Waals surface area contributed by atoms with E-state index in [9.17, 15) is 4.39 Å². The summed E-state index contributed by atoms with van der Waals surface area (Å²) in [6, 6.07) is 6.23. The Morgan fingerprint density at radius 3 is 2.56 bits per heavy atom. The zero-order valence-electron chi connectivity index (χ0n) is 10.1. The van der Waals surface area contributed by atoms with E-state index in [4.69, 9.17) is 0 Å². The van der Waals surface area contributed by atoms with Crippen molar-refractivity contribution in [3.05, 3.63) is 42.0 Å². The van der Waals surface area contributed by atoms with E-state index < -0.39 is 0 Å². The summed E-state index contributed by atoms with van der Waals surface area (Å²) in [4.78, 5) is 13.1. The first kappa shape index (κ1) is 10.8. The molecule has 0 bridgehead atoms. The largest absolute Gasteiger partial charge is 0.310 e. The van der Waals surface area contributed by atoms with Crippen LogP contribution in [0.25, 0.3) is 22.7 Å². The van der Waals surface area contributed by atoms with Crippen LogP contribution in [0.4, 0.5) is 4.39 Å². The van der Waals surface area contributed by atoms with Gasteiger partial charge >= 0.3 is 0 Å². The molecule has 0 saturated heterocycles. The smallest absolute Gasteiger partial charge is 0.198 e. The van der Waals surface area contributed by atoms with Gasteiger partial charge in [-0.3, -0.25) is 0 Å². The highest BCUT2D eigenvalue weighted by Crippen LogP contribution is 2.21. The normalized spacial score (nSPS) is 11.1. The van der Waals surface area contributed by atoms with Crippen LogP contribution in [0.3, 0.4) is 0 Å². The van der Waals surface area contributed by atoms with E-state index in [1.165, 1.54) is 12.1 Å². The molecule has 0 saturated carbocycles. The van der Waals surface area contributed by atoms with E-state index in [0.717, 1.165) is 22.7 Å². The number of benzene rings is 1. The van der Waals surface area contributed by atoms with Gasteiger partial charge in [-0.05, 0) is 31.2 Å². The maximum atomic E-state index is 12.9. The zero-order valence-corrected chi connectivity index (χ0v) is 10.1. The van der Waals surface area contributed by atoms with Crippen LogP contribution >= 0.6 is 0 Å². The second-order valence-corrected chi connectivity index (χ2v) is 4.16. The number of hydrogen-bond acceptors (Lipinski definition) is 3.